The lowest BCUT2D eigenvalue weighted by Gasteiger charge is -2.33. The Balaban J connectivity index is 2.06. The first kappa shape index (κ1) is 21.4. The van der Waals surface area contributed by atoms with Gasteiger partial charge in [-0.25, -0.2) is 8.42 Å². The number of nitrogens with one attached hydrogen (secondary N) is 1. The number of nitrogens with zero attached hydrogens (tertiary/aromatic N) is 1. The van der Waals surface area contributed by atoms with Gasteiger partial charge < -0.3 is 10.1 Å². The molecule has 1 heterocycles. The molecule has 1 aliphatic heterocycles. The van der Waals surface area contributed by atoms with Gasteiger partial charge in [0.2, 0.25) is 10.0 Å². The van der Waals surface area contributed by atoms with Crippen molar-refractivity contribution in [3.63, 3.8) is 0 Å². The number of sulfonamides is 1. The van der Waals surface area contributed by atoms with E-state index in [2.05, 4.69) is 5.32 Å². The van der Waals surface area contributed by atoms with Gasteiger partial charge in [-0.15, -0.1) is 0 Å². The van der Waals surface area contributed by atoms with Gasteiger partial charge in [-0.3, -0.25) is 9.59 Å². The zero-order chi connectivity index (χ0) is 20.0. The Hall–Kier alpha value is -1.93. The minimum atomic E-state index is -3.80. The molecule has 0 radical (unpaired) electrons. The molecular formula is C19H28N2O5S. The topological polar surface area (TPSA) is 92.8 Å². The summed E-state index contributed by atoms with van der Waals surface area (Å²) in [6.45, 7) is 6.15. The van der Waals surface area contributed by atoms with E-state index in [1.54, 1.807) is 24.3 Å². The number of carbonyl (C=O) groups is 2. The molecule has 0 unspecified atom stereocenters. The van der Waals surface area contributed by atoms with Crippen LogP contribution in [0.15, 0.2) is 29.2 Å². The summed E-state index contributed by atoms with van der Waals surface area (Å²) in [5, 5.41) is 2.66. The number of ether oxygens (including phenoxy) is 1. The molecule has 8 heteroatoms. The van der Waals surface area contributed by atoms with Gasteiger partial charge in [-0.1, -0.05) is 31.5 Å². The van der Waals surface area contributed by atoms with Crippen LogP contribution in [-0.2, 0) is 24.3 Å². The number of aryl methyl sites for hydroxylation is 1. The smallest absolute Gasteiger partial charge is 0.324 e. The monoisotopic (exact) mass is 396 g/mol. The van der Waals surface area contributed by atoms with Crippen molar-refractivity contribution in [2.75, 3.05) is 19.7 Å². The van der Waals surface area contributed by atoms with E-state index in [9.17, 15) is 18.0 Å². The average molecular weight is 397 g/mol. The average Bonchev–Trinajstić information content (AvgIpc) is 2.64. The third kappa shape index (κ3) is 5.77. The van der Waals surface area contributed by atoms with E-state index in [-0.39, 0.29) is 23.3 Å². The van der Waals surface area contributed by atoms with Gasteiger partial charge in [0, 0.05) is 13.1 Å². The second kappa shape index (κ2) is 9.32. The molecular weight excluding hydrogens is 368 g/mol. The predicted molar refractivity (Wildman–Crippen MR) is 102 cm³/mol. The summed E-state index contributed by atoms with van der Waals surface area (Å²) >= 11 is 0. The molecule has 0 aromatic heterocycles. The molecule has 1 aliphatic rings. The molecule has 150 valence electrons. The van der Waals surface area contributed by atoms with Gasteiger partial charge in [-0.2, -0.15) is 4.31 Å². The number of rotatable bonds is 7. The number of amides is 1. The molecule has 1 aromatic rings. The van der Waals surface area contributed by atoms with E-state index >= 15 is 0 Å². The fourth-order valence-corrected chi connectivity index (χ4v) is 4.52. The van der Waals surface area contributed by atoms with Crippen molar-refractivity contribution < 1.29 is 22.7 Å². The Morgan fingerprint density at radius 3 is 2.52 bits per heavy atom. The highest BCUT2D eigenvalue weighted by Gasteiger charge is 2.38. The molecule has 1 fully saturated rings. The molecule has 7 nitrogen and oxygen atoms in total. The molecule has 1 N–H and O–H groups in total. The Morgan fingerprint density at radius 2 is 1.89 bits per heavy atom. The van der Waals surface area contributed by atoms with E-state index < -0.39 is 28.6 Å². The maximum Gasteiger partial charge on any atom is 0.324 e. The first-order valence-electron chi connectivity index (χ1n) is 9.23. The molecule has 1 amide bonds. The lowest BCUT2D eigenvalue weighted by atomic mass is 10.1. The third-order valence-corrected chi connectivity index (χ3v) is 6.33. The third-order valence-electron chi connectivity index (χ3n) is 4.41. The molecule has 2 rings (SSSR count). The van der Waals surface area contributed by atoms with Gasteiger partial charge in [-0.05, 0) is 44.2 Å². The number of esters is 1. The van der Waals surface area contributed by atoms with Crippen LogP contribution in [0.3, 0.4) is 0 Å². The summed E-state index contributed by atoms with van der Waals surface area (Å²) in [7, 11) is -3.80. The summed E-state index contributed by atoms with van der Waals surface area (Å²) in [5.41, 5.74) is 0.955. The standard InChI is InChI=1S/C19H28N2O5S/c1-14(2)12-20-18(22)13-26-19(23)17-6-4-5-11-21(17)27(24,25)16-9-7-15(3)8-10-16/h7-10,14,17H,4-6,11-13H2,1-3H3,(H,20,22)/t17-/m1/s1. The van der Waals surface area contributed by atoms with E-state index in [4.69, 9.17) is 4.74 Å². The van der Waals surface area contributed by atoms with Crippen molar-refractivity contribution >= 4 is 21.9 Å². The molecule has 0 spiro atoms. The number of piperidine rings is 1. The summed E-state index contributed by atoms with van der Waals surface area (Å²) in [6, 6.07) is 5.64. The van der Waals surface area contributed by atoms with Crippen LogP contribution < -0.4 is 5.32 Å². The van der Waals surface area contributed by atoms with Crippen LogP contribution in [0.4, 0.5) is 0 Å². The Morgan fingerprint density at radius 1 is 1.22 bits per heavy atom. The lowest BCUT2D eigenvalue weighted by Crippen LogP contribution is -2.49. The molecule has 1 atom stereocenters. The van der Waals surface area contributed by atoms with Crippen LogP contribution >= 0.6 is 0 Å². The van der Waals surface area contributed by atoms with E-state index in [1.165, 1.54) is 4.31 Å². The lowest BCUT2D eigenvalue weighted by molar-refractivity contribution is -0.153. The first-order chi connectivity index (χ1) is 12.7. The van der Waals surface area contributed by atoms with Crippen molar-refractivity contribution in [1.29, 1.82) is 0 Å². The second-order valence-electron chi connectivity index (χ2n) is 7.25. The van der Waals surface area contributed by atoms with Crippen LogP contribution in [0, 0.1) is 12.8 Å². The summed E-state index contributed by atoms with van der Waals surface area (Å²) in [4.78, 5) is 24.4. The fraction of sp³-hybridized carbons (Fsp3) is 0.579. The highest BCUT2D eigenvalue weighted by molar-refractivity contribution is 7.89. The molecule has 0 saturated carbocycles. The maximum atomic E-state index is 13.0. The maximum absolute atomic E-state index is 13.0. The Kier molecular flexibility index (Phi) is 7.38. The largest absolute Gasteiger partial charge is 0.454 e. The Labute approximate surface area is 161 Å². The molecule has 1 aromatic carbocycles. The van der Waals surface area contributed by atoms with Crippen LogP contribution in [0.2, 0.25) is 0 Å². The van der Waals surface area contributed by atoms with E-state index in [1.807, 2.05) is 20.8 Å². The van der Waals surface area contributed by atoms with Crippen LogP contribution in [0.1, 0.15) is 38.7 Å². The number of hydrogen-bond acceptors (Lipinski definition) is 5. The van der Waals surface area contributed by atoms with E-state index in [0.29, 0.717) is 19.4 Å². The van der Waals surface area contributed by atoms with Crippen LogP contribution in [0.5, 0.6) is 0 Å². The van der Waals surface area contributed by atoms with Gasteiger partial charge in [0.15, 0.2) is 6.61 Å². The summed E-state index contributed by atoms with van der Waals surface area (Å²) in [6.07, 6.45) is 1.81. The minimum Gasteiger partial charge on any atom is -0.454 e. The van der Waals surface area contributed by atoms with Crippen molar-refractivity contribution in [3.05, 3.63) is 29.8 Å². The minimum absolute atomic E-state index is 0.155. The molecule has 1 saturated heterocycles. The first-order valence-corrected chi connectivity index (χ1v) is 10.7. The van der Waals surface area contributed by atoms with Gasteiger partial charge in [0.25, 0.3) is 5.91 Å². The normalized spacial score (nSPS) is 18.3. The van der Waals surface area contributed by atoms with Gasteiger partial charge in [0.05, 0.1) is 4.90 Å². The van der Waals surface area contributed by atoms with Crippen molar-refractivity contribution in [2.45, 2.75) is 51.0 Å². The highest BCUT2D eigenvalue weighted by Crippen LogP contribution is 2.26. The van der Waals surface area contributed by atoms with E-state index in [0.717, 1.165) is 12.0 Å². The number of hydrogen-bond donors (Lipinski definition) is 1. The van der Waals surface area contributed by atoms with Crippen molar-refractivity contribution in [2.24, 2.45) is 5.92 Å². The SMILES string of the molecule is Cc1ccc(S(=O)(=O)N2CCCC[C@@H]2C(=O)OCC(=O)NCC(C)C)cc1. The molecule has 0 bridgehead atoms. The summed E-state index contributed by atoms with van der Waals surface area (Å²) < 4.78 is 32.2. The van der Waals surface area contributed by atoms with Crippen LogP contribution in [-0.4, -0.2) is 50.3 Å². The van der Waals surface area contributed by atoms with Crippen molar-refractivity contribution in [3.8, 4) is 0 Å². The second-order valence-corrected chi connectivity index (χ2v) is 9.14. The number of carbonyl (C=O) groups excluding carboxylic acids is 2. The molecule has 0 aliphatic carbocycles. The van der Waals surface area contributed by atoms with Gasteiger partial charge in [0.1, 0.15) is 6.04 Å². The zero-order valence-corrected chi connectivity index (χ0v) is 16.9. The zero-order valence-electron chi connectivity index (χ0n) is 16.1. The Bertz CT molecular complexity index is 759. The fourth-order valence-electron chi connectivity index (χ4n) is 2.88. The van der Waals surface area contributed by atoms with Gasteiger partial charge >= 0.3 is 5.97 Å². The highest BCUT2D eigenvalue weighted by atomic mass is 32.2. The summed E-state index contributed by atoms with van der Waals surface area (Å²) in [5.74, 6) is -0.774. The quantitative estimate of drug-likeness (QED) is 0.710. The number of benzene rings is 1. The predicted octanol–water partition coefficient (Wildman–Crippen LogP) is 1.85. The van der Waals surface area contributed by atoms with Crippen molar-refractivity contribution in [1.82, 2.24) is 9.62 Å². The molecule has 27 heavy (non-hydrogen) atoms. The van der Waals surface area contributed by atoms with Crippen LogP contribution in [0.25, 0.3) is 0 Å².